The Kier molecular flexibility index (Phi) is 4.45. The monoisotopic (exact) mass is 319 g/mol. The van der Waals surface area contributed by atoms with Crippen molar-refractivity contribution < 1.29 is 0 Å². The number of benzene rings is 1. The van der Waals surface area contributed by atoms with Crippen molar-refractivity contribution in [1.82, 2.24) is 0 Å². The average Bonchev–Trinajstić information content (AvgIpc) is 2.28. The zero-order chi connectivity index (χ0) is 11.5. The summed E-state index contributed by atoms with van der Waals surface area (Å²) in [6.07, 6.45) is 0. The summed E-state index contributed by atoms with van der Waals surface area (Å²) in [4.78, 5) is 2.45. The van der Waals surface area contributed by atoms with E-state index >= 15 is 0 Å². The van der Waals surface area contributed by atoms with Crippen LogP contribution in [0, 0.1) is 0 Å². The van der Waals surface area contributed by atoms with Crippen LogP contribution in [0.15, 0.2) is 18.2 Å². The third-order valence-corrected chi connectivity index (χ3v) is 4.86. The van der Waals surface area contributed by atoms with Crippen molar-refractivity contribution in [3.8, 4) is 0 Å². The molecule has 1 atom stereocenters. The molecule has 0 amide bonds. The average molecular weight is 321 g/mol. The Labute approximate surface area is 115 Å². The van der Waals surface area contributed by atoms with Crippen LogP contribution in [-0.4, -0.2) is 24.1 Å². The van der Waals surface area contributed by atoms with Crippen LogP contribution in [0.25, 0.3) is 0 Å². The number of hydrogen-bond acceptors (Lipinski definition) is 2. The van der Waals surface area contributed by atoms with Gasteiger partial charge in [-0.15, -0.1) is 0 Å². The standard InChI is InChI=1S/C12H15BrClNS/c1-9-8-15(5-6-16-9)12-4-2-3-11(14)10(12)7-13/h2-4,9H,5-8H2,1H3. The molecule has 1 aromatic rings. The van der Waals surface area contributed by atoms with E-state index in [0.717, 1.165) is 23.4 Å². The third-order valence-electron chi connectivity index (χ3n) is 2.81. The van der Waals surface area contributed by atoms with Gasteiger partial charge in [0.1, 0.15) is 0 Å². The van der Waals surface area contributed by atoms with Crippen LogP contribution in [0.2, 0.25) is 5.02 Å². The molecule has 0 bridgehead atoms. The number of alkyl halides is 1. The zero-order valence-corrected chi connectivity index (χ0v) is 12.4. The van der Waals surface area contributed by atoms with Crippen LogP contribution in [0.4, 0.5) is 5.69 Å². The van der Waals surface area contributed by atoms with Crippen LogP contribution in [0.1, 0.15) is 12.5 Å². The van der Waals surface area contributed by atoms with Crippen molar-refractivity contribution in [1.29, 1.82) is 0 Å². The summed E-state index contributed by atoms with van der Waals surface area (Å²) in [6, 6.07) is 6.17. The smallest absolute Gasteiger partial charge is 0.0467 e. The molecular weight excluding hydrogens is 306 g/mol. The summed E-state index contributed by atoms with van der Waals surface area (Å²) in [6.45, 7) is 4.52. The molecular formula is C12H15BrClNS. The van der Waals surface area contributed by atoms with Gasteiger partial charge in [-0.25, -0.2) is 0 Å². The van der Waals surface area contributed by atoms with E-state index in [0.29, 0.717) is 5.25 Å². The molecule has 1 aromatic carbocycles. The summed E-state index contributed by atoms with van der Waals surface area (Å²) in [5.74, 6) is 1.20. The number of halogens is 2. The Morgan fingerprint density at radius 2 is 2.38 bits per heavy atom. The van der Waals surface area contributed by atoms with Gasteiger partial charge in [0.15, 0.2) is 0 Å². The SMILES string of the molecule is CC1CN(c2cccc(Cl)c2CBr)CCS1. The quantitative estimate of drug-likeness (QED) is 0.752. The molecule has 1 aliphatic heterocycles. The van der Waals surface area contributed by atoms with Crippen LogP contribution in [0.5, 0.6) is 0 Å². The Morgan fingerprint density at radius 1 is 1.56 bits per heavy atom. The number of thioether (sulfide) groups is 1. The van der Waals surface area contributed by atoms with Gasteiger partial charge in [-0.05, 0) is 12.1 Å². The van der Waals surface area contributed by atoms with Crippen LogP contribution >= 0.6 is 39.3 Å². The molecule has 0 saturated carbocycles. The van der Waals surface area contributed by atoms with Gasteiger partial charge < -0.3 is 4.90 Å². The molecule has 0 spiro atoms. The Morgan fingerprint density at radius 3 is 3.06 bits per heavy atom. The molecule has 1 aliphatic rings. The van der Waals surface area contributed by atoms with Gasteiger partial charge in [-0.1, -0.05) is 40.5 Å². The van der Waals surface area contributed by atoms with Crippen molar-refractivity contribution in [3.63, 3.8) is 0 Å². The second-order valence-electron chi connectivity index (χ2n) is 4.00. The zero-order valence-electron chi connectivity index (χ0n) is 9.25. The van der Waals surface area contributed by atoms with Crippen molar-refractivity contribution >= 4 is 45.0 Å². The Bertz CT molecular complexity index is 372. The topological polar surface area (TPSA) is 3.24 Å². The highest BCUT2D eigenvalue weighted by Gasteiger charge is 2.19. The minimum absolute atomic E-state index is 0.705. The van der Waals surface area contributed by atoms with E-state index in [2.05, 4.69) is 33.8 Å². The predicted molar refractivity (Wildman–Crippen MR) is 78.2 cm³/mol. The molecule has 1 heterocycles. The van der Waals surface area contributed by atoms with E-state index in [1.54, 1.807) is 0 Å². The molecule has 1 fully saturated rings. The molecule has 2 rings (SSSR count). The van der Waals surface area contributed by atoms with E-state index in [-0.39, 0.29) is 0 Å². The van der Waals surface area contributed by atoms with Crippen molar-refractivity contribution in [3.05, 3.63) is 28.8 Å². The van der Waals surface area contributed by atoms with Gasteiger partial charge in [0.05, 0.1) is 0 Å². The summed E-state index contributed by atoms with van der Waals surface area (Å²) in [5.41, 5.74) is 2.50. The number of nitrogens with zero attached hydrogens (tertiary/aromatic N) is 1. The molecule has 0 radical (unpaired) electrons. The normalized spacial score (nSPS) is 21.2. The molecule has 88 valence electrons. The number of hydrogen-bond donors (Lipinski definition) is 0. The van der Waals surface area contributed by atoms with E-state index in [1.807, 2.05) is 23.9 Å². The first-order valence-corrected chi connectivity index (χ1v) is 7.97. The lowest BCUT2D eigenvalue weighted by Gasteiger charge is -2.33. The lowest BCUT2D eigenvalue weighted by atomic mass is 10.1. The highest BCUT2D eigenvalue weighted by atomic mass is 79.9. The summed E-state index contributed by atoms with van der Waals surface area (Å²) < 4.78 is 0. The highest BCUT2D eigenvalue weighted by Crippen LogP contribution is 2.32. The first kappa shape index (κ1) is 12.6. The molecule has 1 nitrogen and oxygen atoms in total. The van der Waals surface area contributed by atoms with E-state index in [1.165, 1.54) is 17.0 Å². The minimum atomic E-state index is 0.705. The minimum Gasteiger partial charge on any atom is -0.369 e. The molecule has 0 aromatic heterocycles. The van der Waals surface area contributed by atoms with Gasteiger partial charge in [-0.2, -0.15) is 11.8 Å². The third kappa shape index (κ3) is 2.69. The van der Waals surface area contributed by atoms with E-state index in [4.69, 9.17) is 11.6 Å². The summed E-state index contributed by atoms with van der Waals surface area (Å²) >= 11 is 11.8. The van der Waals surface area contributed by atoms with E-state index < -0.39 is 0 Å². The van der Waals surface area contributed by atoms with Gasteiger partial charge in [-0.3, -0.25) is 0 Å². The van der Waals surface area contributed by atoms with Crippen molar-refractivity contribution in [2.24, 2.45) is 0 Å². The fourth-order valence-corrected chi connectivity index (χ4v) is 4.01. The lowest BCUT2D eigenvalue weighted by Crippen LogP contribution is -2.37. The van der Waals surface area contributed by atoms with Crippen LogP contribution < -0.4 is 4.90 Å². The largest absolute Gasteiger partial charge is 0.369 e. The number of rotatable bonds is 2. The lowest BCUT2D eigenvalue weighted by molar-refractivity contribution is 0.780. The second kappa shape index (κ2) is 5.65. The predicted octanol–water partition coefficient (Wildman–Crippen LogP) is 4.18. The highest BCUT2D eigenvalue weighted by molar-refractivity contribution is 9.08. The summed E-state index contributed by atoms with van der Waals surface area (Å²) in [7, 11) is 0. The Balaban J connectivity index is 2.28. The van der Waals surface area contributed by atoms with Gasteiger partial charge in [0.2, 0.25) is 0 Å². The van der Waals surface area contributed by atoms with Gasteiger partial charge >= 0.3 is 0 Å². The summed E-state index contributed by atoms with van der Waals surface area (Å²) in [5, 5.41) is 2.39. The fraction of sp³-hybridized carbons (Fsp3) is 0.500. The fourth-order valence-electron chi connectivity index (χ4n) is 2.01. The van der Waals surface area contributed by atoms with Gasteiger partial charge in [0, 0.05) is 45.7 Å². The second-order valence-corrected chi connectivity index (χ2v) is 6.51. The van der Waals surface area contributed by atoms with Crippen molar-refractivity contribution in [2.75, 3.05) is 23.7 Å². The van der Waals surface area contributed by atoms with Crippen LogP contribution in [-0.2, 0) is 5.33 Å². The molecule has 16 heavy (non-hydrogen) atoms. The van der Waals surface area contributed by atoms with Crippen molar-refractivity contribution in [2.45, 2.75) is 17.5 Å². The Hall–Kier alpha value is 0.140. The maximum Gasteiger partial charge on any atom is 0.0467 e. The molecule has 1 unspecified atom stereocenters. The first-order valence-electron chi connectivity index (χ1n) is 5.42. The molecule has 4 heteroatoms. The molecule has 0 N–H and O–H groups in total. The van der Waals surface area contributed by atoms with E-state index in [9.17, 15) is 0 Å². The first-order chi connectivity index (χ1) is 7.72. The maximum atomic E-state index is 6.22. The molecule has 1 saturated heterocycles. The molecule has 0 aliphatic carbocycles. The van der Waals surface area contributed by atoms with Gasteiger partial charge in [0.25, 0.3) is 0 Å². The van der Waals surface area contributed by atoms with Crippen LogP contribution in [0.3, 0.4) is 0 Å². The maximum absolute atomic E-state index is 6.22. The number of anilines is 1.